The molecule has 0 bridgehead atoms. The Labute approximate surface area is 65.1 Å². The van der Waals surface area contributed by atoms with Crippen LogP contribution in [0.3, 0.4) is 0 Å². The maximum absolute atomic E-state index is 10.9. The molecule has 1 heterocycles. The molecule has 1 saturated heterocycles. The Kier molecular flexibility index (Phi) is 2.12. The van der Waals surface area contributed by atoms with Crippen molar-refractivity contribution in [2.24, 2.45) is 11.7 Å². The van der Waals surface area contributed by atoms with Gasteiger partial charge in [-0.05, 0) is 13.3 Å². The Hall–Kier alpha value is -1.06. The largest absolute Gasteiger partial charge is 0.369 e. The van der Waals surface area contributed by atoms with Crippen LogP contribution in [0.1, 0.15) is 19.8 Å². The molecule has 0 aromatic rings. The van der Waals surface area contributed by atoms with E-state index in [9.17, 15) is 9.59 Å². The zero-order valence-electron chi connectivity index (χ0n) is 6.46. The van der Waals surface area contributed by atoms with Crippen molar-refractivity contribution in [3.05, 3.63) is 0 Å². The summed E-state index contributed by atoms with van der Waals surface area (Å²) in [5.41, 5.74) is 5.07. The van der Waals surface area contributed by atoms with Gasteiger partial charge in [0.15, 0.2) is 0 Å². The minimum atomic E-state index is -0.369. The highest BCUT2D eigenvalue weighted by atomic mass is 16.2. The molecule has 62 valence electrons. The molecule has 0 saturated carbocycles. The van der Waals surface area contributed by atoms with Gasteiger partial charge in [-0.15, -0.1) is 0 Å². The molecule has 0 aromatic heterocycles. The predicted octanol–water partition coefficient (Wildman–Crippen LogP) is -0.614. The molecule has 0 aliphatic carbocycles. The van der Waals surface area contributed by atoms with Gasteiger partial charge in [0.2, 0.25) is 11.8 Å². The van der Waals surface area contributed by atoms with Gasteiger partial charge in [-0.1, -0.05) is 0 Å². The quantitative estimate of drug-likeness (QED) is 0.531. The van der Waals surface area contributed by atoms with Crippen LogP contribution < -0.4 is 11.1 Å². The Balaban J connectivity index is 2.56. The molecule has 2 unspecified atom stereocenters. The van der Waals surface area contributed by atoms with E-state index < -0.39 is 0 Å². The number of rotatable bonds is 1. The van der Waals surface area contributed by atoms with E-state index in [4.69, 9.17) is 5.73 Å². The number of nitrogens with one attached hydrogen (secondary N) is 1. The molecule has 2 atom stereocenters. The average molecular weight is 156 g/mol. The van der Waals surface area contributed by atoms with Crippen molar-refractivity contribution < 1.29 is 9.59 Å². The fraction of sp³-hybridized carbons (Fsp3) is 0.714. The second-order valence-electron chi connectivity index (χ2n) is 3.01. The Morgan fingerprint density at radius 2 is 2.36 bits per heavy atom. The van der Waals surface area contributed by atoms with Gasteiger partial charge in [0.25, 0.3) is 0 Å². The third-order valence-corrected chi connectivity index (χ3v) is 1.88. The summed E-state index contributed by atoms with van der Waals surface area (Å²) in [6.45, 7) is 1.87. The summed E-state index contributed by atoms with van der Waals surface area (Å²) in [5, 5.41) is 2.72. The van der Waals surface area contributed by atoms with Gasteiger partial charge < -0.3 is 11.1 Å². The highest BCUT2D eigenvalue weighted by Gasteiger charge is 2.27. The highest BCUT2D eigenvalue weighted by molar-refractivity contribution is 5.86. The predicted molar refractivity (Wildman–Crippen MR) is 39.5 cm³/mol. The molecule has 1 aliphatic rings. The van der Waals surface area contributed by atoms with Crippen molar-refractivity contribution in [1.82, 2.24) is 5.32 Å². The fourth-order valence-corrected chi connectivity index (χ4v) is 1.34. The normalized spacial score (nSPS) is 31.2. The first kappa shape index (κ1) is 8.04. The van der Waals surface area contributed by atoms with Gasteiger partial charge in [-0.25, -0.2) is 0 Å². The van der Waals surface area contributed by atoms with E-state index in [1.165, 1.54) is 0 Å². The lowest BCUT2D eigenvalue weighted by Gasteiger charge is -2.24. The molecule has 0 spiro atoms. The SMILES string of the molecule is CC1CC(C(N)=O)CC(=O)N1. The number of nitrogens with two attached hydrogens (primary N) is 1. The van der Waals surface area contributed by atoms with E-state index in [0.29, 0.717) is 6.42 Å². The Morgan fingerprint density at radius 3 is 2.82 bits per heavy atom. The van der Waals surface area contributed by atoms with E-state index >= 15 is 0 Å². The van der Waals surface area contributed by atoms with Gasteiger partial charge in [0, 0.05) is 18.4 Å². The van der Waals surface area contributed by atoms with Crippen molar-refractivity contribution in [3.8, 4) is 0 Å². The zero-order chi connectivity index (χ0) is 8.43. The van der Waals surface area contributed by atoms with Gasteiger partial charge in [-0.2, -0.15) is 0 Å². The van der Waals surface area contributed by atoms with E-state index in [0.717, 1.165) is 0 Å². The van der Waals surface area contributed by atoms with Crippen LogP contribution >= 0.6 is 0 Å². The lowest BCUT2D eigenvalue weighted by Crippen LogP contribution is -2.44. The molecule has 11 heavy (non-hydrogen) atoms. The standard InChI is InChI=1S/C7H12N2O2/c1-4-2-5(7(8)11)3-6(10)9-4/h4-5H,2-3H2,1H3,(H2,8,11)(H,9,10). The summed E-state index contributed by atoms with van der Waals surface area (Å²) in [5.74, 6) is -0.710. The van der Waals surface area contributed by atoms with Crippen molar-refractivity contribution in [2.45, 2.75) is 25.8 Å². The number of carbonyl (C=O) groups is 2. The summed E-state index contributed by atoms with van der Waals surface area (Å²) in [4.78, 5) is 21.6. The van der Waals surface area contributed by atoms with Gasteiger partial charge in [0.05, 0.1) is 0 Å². The van der Waals surface area contributed by atoms with Gasteiger partial charge in [-0.3, -0.25) is 9.59 Å². The molecular weight excluding hydrogens is 144 g/mol. The molecule has 4 nitrogen and oxygen atoms in total. The molecule has 0 radical (unpaired) electrons. The first-order valence-corrected chi connectivity index (χ1v) is 3.68. The van der Waals surface area contributed by atoms with Crippen molar-refractivity contribution in [1.29, 1.82) is 0 Å². The second kappa shape index (κ2) is 2.90. The van der Waals surface area contributed by atoms with E-state index in [-0.39, 0.29) is 30.2 Å². The first-order chi connectivity index (χ1) is 5.09. The fourth-order valence-electron chi connectivity index (χ4n) is 1.34. The molecule has 0 aromatic carbocycles. The maximum atomic E-state index is 10.9. The number of primary amides is 1. The monoisotopic (exact) mass is 156 g/mol. The van der Waals surface area contributed by atoms with Crippen LogP contribution in [0.4, 0.5) is 0 Å². The number of amides is 2. The minimum absolute atomic E-state index is 0.0763. The molecule has 1 aliphatic heterocycles. The van der Waals surface area contributed by atoms with Crippen molar-refractivity contribution >= 4 is 11.8 Å². The van der Waals surface area contributed by atoms with Crippen LogP contribution in [-0.2, 0) is 9.59 Å². The molecule has 2 amide bonds. The number of hydrogen-bond donors (Lipinski definition) is 2. The van der Waals surface area contributed by atoms with Crippen LogP contribution in [-0.4, -0.2) is 17.9 Å². The summed E-state index contributed by atoms with van der Waals surface area (Å²) in [6.07, 6.45) is 0.917. The smallest absolute Gasteiger partial charge is 0.221 e. The molecule has 1 rings (SSSR count). The topological polar surface area (TPSA) is 72.2 Å². The summed E-state index contributed by atoms with van der Waals surface area (Å²) in [6, 6.07) is 0.0775. The third-order valence-electron chi connectivity index (χ3n) is 1.88. The number of hydrogen-bond acceptors (Lipinski definition) is 2. The average Bonchev–Trinajstić information content (AvgIpc) is 1.85. The lowest BCUT2D eigenvalue weighted by molar-refractivity contribution is -0.131. The third kappa shape index (κ3) is 1.93. The van der Waals surface area contributed by atoms with Crippen LogP contribution in [0, 0.1) is 5.92 Å². The van der Waals surface area contributed by atoms with E-state index in [1.807, 2.05) is 6.92 Å². The van der Waals surface area contributed by atoms with Crippen LogP contribution in [0.25, 0.3) is 0 Å². The van der Waals surface area contributed by atoms with E-state index in [1.54, 1.807) is 0 Å². The van der Waals surface area contributed by atoms with Crippen molar-refractivity contribution in [2.75, 3.05) is 0 Å². The maximum Gasteiger partial charge on any atom is 0.221 e. The highest BCUT2D eigenvalue weighted by Crippen LogP contribution is 2.15. The summed E-state index contributed by atoms with van der Waals surface area (Å²) < 4.78 is 0. The zero-order valence-corrected chi connectivity index (χ0v) is 6.46. The Bertz CT molecular complexity index is 191. The molecule has 3 N–H and O–H groups in total. The lowest BCUT2D eigenvalue weighted by atomic mass is 9.92. The van der Waals surface area contributed by atoms with Crippen LogP contribution in [0.15, 0.2) is 0 Å². The molecule has 4 heteroatoms. The number of carbonyl (C=O) groups excluding carboxylic acids is 2. The van der Waals surface area contributed by atoms with Crippen LogP contribution in [0.5, 0.6) is 0 Å². The van der Waals surface area contributed by atoms with Crippen LogP contribution in [0.2, 0.25) is 0 Å². The molecular formula is C7H12N2O2. The second-order valence-corrected chi connectivity index (χ2v) is 3.01. The van der Waals surface area contributed by atoms with Crippen molar-refractivity contribution in [3.63, 3.8) is 0 Å². The number of piperidine rings is 1. The van der Waals surface area contributed by atoms with Gasteiger partial charge in [0.1, 0.15) is 0 Å². The summed E-state index contributed by atoms with van der Waals surface area (Å²) >= 11 is 0. The summed E-state index contributed by atoms with van der Waals surface area (Å²) in [7, 11) is 0. The van der Waals surface area contributed by atoms with Gasteiger partial charge >= 0.3 is 0 Å². The minimum Gasteiger partial charge on any atom is -0.369 e. The Morgan fingerprint density at radius 1 is 1.73 bits per heavy atom. The molecule has 1 fully saturated rings. The van der Waals surface area contributed by atoms with E-state index in [2.05, 4.69) is 5.32 Å². The first-order valence-electron chi connectivity index (χ1n) is 3.68.